The summed E-state index contributed by atoms with van der Waals surface area (Å²) in [7, 11) is 0. The van der Waals surface area contributed by atoms with E-state index in [0.29, 0.717) is 19.4 Å². The molecule has 0 bridgehead atoms. The van der Waals surface area contributed by atoms with Gasteiger partial charge in [0.25, 0.3) is 0 Å². The van der Waals surface area contributed by atoms with E-state index in [0.717, 1.165) is 31.9 Å². The molecule has 1 aromatic rings. The zero-order chi connectivity index (χ0) is 16.7. The second-order valence-corrected chi connectivity index (χ2v) is 5.44. The van der Waals surface area contributed by atoms with Crippen molar-refractivity contribution in [1.29, 1.82) is 10.5 Å². The molecule has 0 saturated carbocycles. The summed E-state index contributed by atoms with van der Waals surface area (Å²) in [5.41, 5.74) is 0.872. The molecule has 0 aliphatic carbocycles. The van der Waals surface area contributed by atoms with Crippen LogP contribution in [0.3, 0.4) is 0 Å². The van der Waals surface area contributed by atoms with Crippen molar-refractivity contribution >= 4 is 11.5 Å². The van der Waals surface area contributed by atoms with Crippen LogP contribution in [0.15, 0.2) is 18.3 Å². The average molecular weight is 314 g/mol. The number of piperazine rings is 1. The van der Waals surface area contributed by atoms with Crippen molar-refractivity contribution < 1.29 is 4.92 Å². The van der Waals surface area contributed by atoms with E-state index in [4.69, 9.17) is 10.5 Å². The predicted octanol–water partition coefficient (Wildman–Crippen LogP) is 1.56. The summed E-state index contributed by atoms with van der Waals surface area (Å²) >= 11 is 0. The Kier molecular flexibility index (Phi) is 5.84. The average Bonchev–Trinajstić information content (AvgIpc) is 2.59. The molecular weight excluding hydrogens is 296 g/mol. The molecule has 1 saturated heterocycles. The van der Waals surface area contributed by atoms with E-state index < -0.39 is 4.92 Å². The highest BCUT2D eigenvalue weighted by Crippen LogP contribution is 2.19. The number of nitriles is 2. The molecule has 2 heterocycles. The number of hydrogen-bond acceptors (Lipinski definition) is 7. The maximum atomic E-state index is 10.6. The highest BCUT2D eigenvalue weighted by atomic mass is 16.6. The zero-order valence-corrected chi connectivity index (χ0v) is 12.8. The first-order valence-corrected chi connectivity index (χ1v) is 7.48. The Morgan fingerprint density at radius 2 is 2.04 bits per heavy atom. The molecule has 0 aromatic carbocycles. The molecule has 0 unspecified atom stereocenters. The van der Waals surface area contributed by atoms with Gasteiger partial charge in [0.1, 0.15) is 0 Å². The molecule has 0 N–H and O–H groups in total. The summed E-state index contributed by atoms with van der Waals surface area (Å²) in [6.45, 7) is 3.90. The molecule has 23 heavy (non-hydrogen) atoms. The lowest BCUT2D eigenvalue weighted by molar-refractivity contribution is -0.389. The van der Waals surface area contributed by atoms with E-state index in [1.807, 2.05) is 0 Å². The van der Waals surface area contributed by atoms with Gasteiger partial charge in [-0.05, 0) is 22.4 Å². The number of nitrogens with zero attached hydrogens (tertiary/aromatic N) is 6. The maximum absolute atomic E-state index is 10.6. The minimum Gasteiger partial charge on any atom is -0.366 e. The molecule has 1 atom stereocenters. The molecule has 120 valence electrons. The third-order valence-corrected chi connectivity index (χ3v) is 3.92. The Balaban J connectivity index is 1.85. The SMILES string of the molecule is N#CCC[C@H](C#N)CN1CCN(c2ccc([N+](=O)[O-])nc2)CC1. The van der Waals surface area contributed by atoms with Gasteiger partial charge in [-0.2, -0.15) is 10.5 Å². The van der Waals surface area contributed by atoms with Crippen LogP contribution in [0.1, 0.15) is 12.8 Å². The van der Waals surface area contributed by atoms with Crippen LogP contribution in [0.4, 0.5) is 11.5 Å². The van der Waals surface area contributed by atoms with Crippen molar-refractivity contribution in [1.82, 2.24) is 9.88 Å². The normalized spacial score (nSPS) is 16.3. The first-order valence-electron chi connectivity index (χ1n) is 7.48. The summed E-state index contributed by atoms with van der Waals surface area (Å²) in [6, 6.07) is 7.47. The molecule has 1 aromatic heterocycles. The number of aromatic nitrogens is 1. The Bertz CT molecular complexity index is 610. The van der Waals surface area contributed by atoms with Gasteiger partial charge in [-0.15, -0.1) is 0 Å². The number of anilines is 1. The Hall–Kier alpha value is -2.71. The highest BCUT2D eigenvalue weighted by molar-refractivity contribution is 5.46. The lowest BCUT2D eigenvalue weighted by Crippen LogP contribution is -2.47. The van der Waals surface area contributed by atoms with Crippen LogP contribution in [-0.4, -0.2) is 47.5 Å². The number of hydrogen-bond donors (Lipinski definition) is 0. The molecule has 8 nitrogen and oxygen atoms in total. The molecule has 0 amide bonds. The van der Waals surface area contributed by atoms with Crippen LogP contribution >= 0.6 is 0 Å². The lowest BCUT2D eigenvalue weighted by Gasteiger charge is -2.36. The van der Waals surface area contributed by atoms with E-state index in [9.17, 15) is 10.1 Å². The van der Waals surface area contributed by atoms with Crippen molar-refractivity contribution in [3.8, 4) is 12.1 Å². The van der Waals surface area contributed by atoms with E-state index in [2.05, 4.69) is 26.9 Å². The second kappa shape index (κ2) is 8.06. The lowest BCUT2D eigenvalue weighted by atomic mass is 10.0. The van der Waals surface area contributed by atoms with Crippen molar-refractivity contribution in [2.75, 3.05) is 37.6 Å². The second-order valence-electron chi connectivity index (χ2n) is 5.44. The molecule has 1 aliphatic rings. The summed E-state index contributed by atoms with van der Waals surface area (Å²) < 4.78 is 0. The van der Waals surface area contributed by atoms with E-state index in [1.54, 1.807) is 6.07 Å². The van der Waals surface area contributed by atoms with Gasteiger partial charge in [0.05, 0.1) is 23.7 Å². The Morgan fingerprint density at radius 3 is 2.57 bits per heavy atom. The standard InChI is InChI=1S/C15H18N6O2/c16-5-1-2-13(10-17)12-19-6-8-20(9-7-19)14-3-4-15(18-11-14)21(22)23/h3-4,11,13H,1-2,6-9,12H2/t13-/m1/s1. The quantitative estimate of drug-likeness (QED) is 0.578. The van der Waals surface area contributed by atoms with Gasteiger partial charge in [0.2, 0.25) is 0 Å². The predicted molar refractivity (Wildman–Crippen MR) is 83.5 cm³/mol. The van der Waals surface area contributed by atoms with Crippen LogP contribution < -0.4 is 4.90 Å². The minimum absolute atomic E-state index is 0.109. The fourth-order valence-electron chi connectivity index (χ4n) is 2.61. The number of nitro groups is 1. The molecule has 8 heteroatoms. The molecule has 1 aliphatic heterocycles. The monoisotopic (exact) mass is 314 g/mol. The zero-order valence-electron chi connectivity index (χ0n) is 12.8. The third-order valence-electron chi connectivity index (χ3n) is 3.92. The van der Waals surface area contributed by atoms with Crippen LogP contribution in [0.25, 0.3) is 0 Å². The van der Waals surface area contributed by atoms with Crippen molar-refractivity contribution in [2.24, 2.45) is 5.92 Å². The maximum Gasteiger partial charge on any atom is 0.363 e. The van der Waals surface area contributed by atoms with Gasteiger partial charge in [-0.1, -0.05) is 0 Å². The van der Waals surface area contributed by atoms with Crippen LogP contribution in [-0.2, 0) is 0 Å². The van der Waals surface area contributed by atoms with Gasteiger partial charge in [0, 0.05) is 45.2 Å². The Morgan fingerprint density at radius 1 is 1.30 bits per heavy atom. The van der Waals surface area contributed by atoms with Gasteiger partial charge in [0.15, 0.2) is 6.20 Å². The highest BCUT2D eigenvalue weighted by Gasteiger charge is 2.21. The summed E-state index contributed by atoms with van der Waals surface area (Å²) in [6.07, 6.45) is 2.55. The van der Waals surface area contributed by atoms with E-state index in [1.165, 1.54) is 12.3 Å². The number of pyridine rings is 1. The Labute approximate surface area is 134 Å². The molecule has 2 rings (SSSR count). The smallest absolute Gasteiger partial charge is 0.363 e. The molecular formula is C15H18N6O2. The first kappa shape index (κ1) is 16.7. The summed E-state index contributed by atoms with van der Waals surface area (Å²) in [5, 5.41) is 28.3. The largest absolute Gasteiger partial charge is 0.366 e. The van der Waals surface area contributed by atoms with Crippen molar-refractivity contribution in [3.05, 3.63) is 28.4 Å². The summed E-state index contributed by atoms with van der Waals surface area (Å²) in [4.78, 5) is 18.3. The first-order chi connectivity index (χ1) is 11.1. The van der Waals surface area contributed by atoms with E-state index >= 15 is 0 Å². The fourth-order valence-corrected chi connectivity index (χ4v) is 2.61. The third kappa shape index (κ3) is 4.63. The topological polar surface area (TPSA) is 110 Å². The van der Waals surface area contributed by atoms with Crippen LogP contribution in [0, 0.1) is 38.7 Å². The number of rotatable bonds is 6. The van der Waals surface area contributed by atoms with Crippen molar-refractivity contribution in [2.45, 2.75) is 12.8 Å². The van der Waals surface area contributed by atoms with Gasteiger partial charge < -0.3 is 15.0 Å². The van der Waals surface area contributed by atoms with Crippen LogP contribution in [0.2, 0.25) is 0 Å². The van der Waals surface area contributed by atoms with Gasteiger partial charge >= 0.3 is 5.82 Å². The van der Waals surface area contributed by atoms with Crippen molar-refractivity contribution in [3.63, 3.8) is 0 Å². The van der Waals surface area contributed by atoms with Crippen LogP contribution in [0.5, 0.6) is 0 Å². The van der Waals surface area contributed by atoms with Gasteiger partial charge in [-0.3, -0.25) is 4.90 Å². The fraction of sp³-hybridized carbons (Fsp3) is 0.533. The van der Waals surface area contributed by atoms with E-state index in [-0.39, 0.29) is 11.7 Å². The molecule has 0 spiro atoms. The molecule has 0 radical (unpaired) electrons. The molecule has 1 fully saturated rings. The van der Waals surface area contributed by atoms with Gasteiger partial charge in [-0.25, -0.2) is 0 Å². The summed E-state index contributed by atoms with van der Waals surface area (Å²) in [5.74, 6) is -0.260. The minimum atomic E-state index is -0.509.